The van der Waals surface area contributed by atoms with Gasteiger partial charge in [0.25, 0.3) is 5.56 Å². The zero-order valence-electron chi connectivity index (χ0n) is 12.9. The first-order valence-corrected chi connectivity index (χ1v) is 7.69. The topological polar surface area (TPSA) is 39.8 Å². The molecule has 23 heavy (non-hydrogen) atoms. The van der Waals surface area contributed by atoms with Crippen molar-refractivity contribution < 1.29 is 0 Å². The summed E-state index contributed by atoms with van der Waals surface area (Å²) in [6.07, 6.45) is 8.53. The first-order valence-electron chi connectivity index (χ1n) is 7.69. The normalized spacial score (nSPS) is 12.6. The summed E-state index contributed by atoms with van der Waals surface area (Å²) < 4.78 is 3.66. The number of pyridine rings is 1. The Morgan fingerprint density at radius 3 is 2.83 bits per heavy atom. The van der Waals surface area contributed by atoms with Gasteiger partial charge in [0.1, 0.15) is 0 Å². The first-order chi connectivity index (χ1) is 11.2. The molecule has 0 amide bonds. The molecular weight excluding hydrogens is 286 g/mol. The lowest BCUT2D eigenvalue weighted by Gasteiger charge is -2.13. The van der Waals surface area contributed by atoms with Crippen molar-refractivity contribution in [1.82, 2.24) is 14.3 Å². The number of allylic oxidation sites excluding steroid dienone is 1. The number of aromatic nitrogens is 3. The van der Waals surface area contributed by atoms with Crippen LogP contribution in [0.1, 0.15) is 16.7 Å². The molecule has 1 aliphatic rings. The Kier molecular flexibility index (Phi) is 3.23. The Bertz CT molecular complexity index is 948. The summed E-state index contributed by atoms with van der Waals surface area (Å²) in [5.41, 5.74) is 5.29. The number of fused-ring (bicyclic) bond motifs is 1. The SMILES string of the molecule is Cn1cc(-c2ccnn2Cc2ccccc2)c2c(c1=O)CC=C2. The van der Waals surface area contributed by atoms with E-state index >= 15 is 0 Å². The molecule has 0 radical (unpaired) electrons. The van der Waals surface area contributed by atoms with Gasteiger partial charge in [-0.25, -0.2) is 0 Å². The van der Waals surface area contributed by atoms with Crippen LogP contribution < -0.4 is 5.56 Å². The third-order valence-corrected chi connectivity index (χ3v) is 4.29. The van der Waals surface area contributed by atoms with Crippen LogP contribution in [0.15, 0.2) is 59.7 Å². The Morgan fingerprint density at radius 1 is 1.17 bits per heavy atom. The van der Waals surface area contributed by atoms with Crippen LogP contribution in [0.25, 0.3) is 17.3 Å². The minimum atomic E-state index is 0.0860. The van der Waals surface area contributed by atoms with Crippen LogP contribution >= 0.6 is 0 Å². The van der Waals surface area contributed by atoms with Crippen LogP contribution in [0.5, 0.6) is 0 Å². The fraction of sp³-hybridized carbons (Fsp3) is 0.158. The highest BCUT2D eigenvalue weighted by Gasteiger charge is 2.18. The van der Waals surface area contributed by atoms with E-state index < -0.39 is 0 Å². The molecule has 114 valence electrons. The van der Waals surface area contributed by atoms with Crippen molar-refractivity contribution in [1.29, 1.82) is 0 Å². The second-order valence-corrected chi connectivity index (χ2v) is 5.82. The van der Waals surface area contributed by atoms with Crippen molar-refractivity contribution in [3.63, 3.8) is 0 Å². The molecule has 4 nitrogen and oxygen atoms in total. The number of benzene rings is 1. The van der Waals surface area contributed by atoms with Gasteiger partial charge in [0, 0.05) is 30.6 Å². The molecule has 0 atom stereocenters. The number of aryl methyl sites for hydroxylation is 1. The Labute approximate surface area is 134 Å². The van der Waals surface area contributed by atoms with E-state index in [2.05, 4.69) is 17.2 Å². The predicted octanol–water partition coefficient (Wildman–Crippen LogP) is 2.87. The molecule has 0 spiro atoms. The summed E-state index contributed by atoms with van der Waals surface area (Å²) in [5.74, 6) is 0. The molecule has 4 rings (SSSR count). The van der Waals surface area contributed by atoms with Gasteiger partial charge >= 0.3 is 0 Å². The van der Waals surface area contributed by atoms with Gasteiger partial charge in [-0.2, -0.15) is 5.10 Å². The number of rotatable bonds is 3. The third kappa shape index (κ3) is 2.32. The minimum absolute atomic E-state index is 0.0860. The number of nitrogens with zero attached hydrogens (tertiary/aromatic N) is 3. The second kappa shape index (κ2) is 5.39. The highest BCUT2D eigenvalue weighted by atomic mass is 16.1. The Morgan fingerprint density at radius 2 is 2.00 bits per heavy atom. The van der Waals surface area contributed by atoms with Crippen LogP contribution in [0.2, 0.25) is 0 Å². The molecule has 1 aliphatic carbocycles. The van der Waals surface area contributed by atoms with Crippen molar-refractivity contribution in [2.45, 2.75) is 13.0 Å². The Hall–Kier alpha value is -2.88. The van der Waals surface area contributed by atoms with E-state index in [-0.39, 0.29) is 5.56 Å². The molecule has 0 bridgehead atoms. The quantitative estimate of drug-likeness (QED) is 0.746. The van der Waals surface area contributed by atoms with Gasteiger partial charge in [-0.05, 0) is 23.6 Å². The number of hydrogen-bond donors (Lipinski definition) is 0. The smallest absolute Gasteiger partial charge is 0.254 e. The maximum Gasteiger partial charge on any atom is 0.254 e. The second-order valence-electron chi connectivity index (χ2n) is 5.82. The van der Waals surface area contributed by atoms with E-state index in [0.717, 1.165) is 22.4 Å². The molecule has 0 saturated carbocycles. The molecule has 0 aliphatic heterocycles. The molecule has 3 aromatic rings. The zero-order valence-corrected chi connectivity index (χ0v) is 12.9. The van der Waals surface area contributed by atoms with E-state index in [1.807, 2.05) is 60.5 Å². The summed E-state index contributed by atoms with van der Waals surface area (Å²) in [4.78, 5) is 12.3. The third-order valence-electron chi connectivity index (χ3n) is 4.29. The van der Waals surface area contributed by atoms with Gasteiger partial charge in [0.2, 0.25) is 0 Å². The molecule has 1 aromatic carbocycles. The monoisotopic (exact) mass is 303 g/mol. The van der Waals surface area contributed by atoms with Crippen molar-refractivity contribution in [2.24, 2.45) is 7.05 Å². The van der Waals surface area contributed by atoms with E-state index in [0.29, 0.717) is 13.0 Å². The van der Waals surface area contributed by atoms with Gasteiger partial charge in [-0.3, -0.25) is 9.48 Å². The Balaban J connectivity index is 1.83. The average molecular weight is 303 g/mol. The van der Waals surface area contributed by atoms with Crippen molar-refractivity contribution >= 4 is 6.08 Å². The van der Waals surface area contributed by atoms with Crippen molar-refractivity contribution in [3.8, 4) is 11.3 Å². The molecule has 0 fully saturated rings. The molecule has 4 heteroatoms. The van der Waals surface area contributed by atoms with Gasteiger partial charge in [-0.15, -0.1) is 0 Å². The van der Waals surface area contributed by atoms with Crippen LogP contribution in [0, 0.1) is 0 Å². The maximum absolute atomic E-state index is 12.3. The fourth-order valence-corrected chi connectivity index (χ4v) is 3.14. The zero-order chi connectivity index (χ0) is 15.8. The summed E-state index contributed by atoms with van der Waals surface area (Å²) >= 11 is 0. The van der Waals surface area contributed by atoms with Crippen LogP contribution in [0.4, 0.5) is 0 Å². The summed E-state index contributed by atoms with van der Waals surface area (Å²) in [6.45, 7) is 0.713. The first kappa shape index (κ1) is 13.8. The summed E-state index contributed by atoms with van der Waals surface area (Å²) in [6, 6.07) is 12.3. The fourth-order valence-electron chi connectivity index (χ4n) is 3.14. The van der Waals surface area contributed by atoms with E-state index in [1.54, 1.807) is 4.57 Å². The standard InChI is InChI=1S/C19H17N3O/c1-21-13-17(15-8-5-9-16(15)19(21)23)18-10-11-20-22(18)12-14-6-3-2-4-7-14/h2-8,10-11,13H,9,12H2,1H3. The van der Waals surface area contributed by atoms with Gasteiger partial charge in [-0.1, -0.05) is 42.5 Å². The molecule has 0 N–H and O–H groups in total. The van der Waals surface area contributed by atoms with E-state index in [1.165, 1.54) is 5.56 Å². The maximum atomic E-state index is 12.3. The van der Waals surface area contributed by atoms with Crippen LogP contribution in [-0.2, 0) is 20.0 Å². The van der Waals surface area contributed by atoms with E-state index in [4.69, 9.17) is 0 Å². The van der Waals surface area contributed by atoms with Gasteiger partial charge in [0.05, 0.1) is 12.2 Å². The average Bonchev–Trinajstić information content (AvgIpc) is 3.21. The van der Waals surface area contributed by atoms with Crippen molar-refractivity contribution in [2.75, 3.05) is 0 Å². The predicted molar refractivity (Wildman–Crippen MR) is 91.2 cm³/mol. The van der Waals surface area contributed by atoms with Crippen molar-refractivity contribution in [3.05, 3.63) is 81.9 Å². The van der Waals surface area contributed by atoms with Crippen LogP contribution in [0.3, 0.4) is 0 Å². The molecular formula is C19H17N3O. The largest absolute Gasteiger partial charge is 0.318 e. The lowest BCUT2D eigenvalue weighted by molar-refractivity contribution is 0.693. The van der Waals surface area contributed by atoms with Crippen LogP contribution in [-0.4, -0.2) is 14.3 Å². The molecule has 0 unspecified atom stereocenters. The molecule has 2 heterocycles. The minimum Gasteiger partial charge on any atom is -0.318 e. The highest BCUT2D eigenvalue weighted by Crippen LogP contribution is 2.29. The lowest BCUT2D eigenvalue weighted by Crippen LogP contribution is -2.21. The summed E-state index contributed by atoms with van der Waals surface area (Å²) in [5, 5.41) is 4.47. The molecule has 0 saturated heterocycles. The highest BCUT2D eigenvalue weighted by molar-refractivity contribution is 5.77. The lowest BCUT2D eigenvalue weighted by atomic mass is 10.0. The van der Waals surface area contributed by atoms with E-state index in [9.17, 15) is 4.79 Å². The van der Waals surface area contributed by atoms with Gasteiger partial charge in [0.15, 0.2) is 0 Å². The molecule has 2 aromatic heterocycles. The summed E-state index contributed by atoms with van der Waals surface area (Å²) in [7, 11) is 1.81. The van der Waals surface area contributed by atoms with Gasteiger partial charge < -0.3 is 4.57 Å². The number of hydrogen-bond acceptors (Lipinski definition) is 2.